The second kappa shape index (κ2) is 11.2. The van der Waals surface area contributed by atoms with Crippen LogP contribution in [0.5, 0.6) is 5.75 Å². The maximum absolute atomic E-state index is 13.2. The van der Waals surface area contributed by atoms with E-state index < -0.39 is 6.04 Å². The highest BCUT2D eigenvalue weighted by Gasteiger charge is 2.27. The Kier molecular flexibility index (Phi) is 9.00. The smallest absolute Gasteiger partial charge is 0.242 e. The van der Waals surface area contributed by atoms with Gasteiger partial charge in [-0.2, -0.15) is 0 Å². The number of hydrogen-bond donors (Lipinski definition) is 1. The molecule has 162 valence electrons. The summed E-state index contributed by atoms with van der Waals surface area (Å²) in [5, 5.41) is 3.88. The van der Waals surface area contributed by atoms with Crippen molar-refractivity contribution in [2.45, 2.75) is 39.8 Å². The Morgan fingerprint density at radius 3 is 2.30 bits per heavy atom. The second-order valence-electron chi connectivity index (χ2n) is 7.60. The van der Waals surface area contributed by atoms with E-state index in [4.69, 9.17) is 27.9 Å². The zero-order chi connectivity index (χ0) is 22.3. The Bertz CT molecular complexity index is 869. The van der Waals surface area contributed by atoms with Crippen LogP contribution in [0.15, 0.2) is 42.5 Å². The summed E-state index contributed by atoms with van der Waals surface area (Å²) in [6.07, 6.45) is 0.164. The Morgan fingerprint density at radius 2 is 1.73 bits per heavy atom. The number of carbonyl (C=O) groups is 2. The number of carbonyl (C=O) groups excluding carboxylic acids is 2. The van der Waals surface area contributed by atoms with Gasteiger partial charge in [0.15, 0.2) is 0 Å². The van der Waals surface area contributed by atoms with Gasteiger partial charge in [-0.15, -0.1) is 0 Å². The molecular weight excluding hydrogens is 423 g/mol. The minimum Gasteiger partial charge on any atom is -0.497 e. The van der Waals surface area contributed by atoms with Crippen molar-refractivity contribution in [2.24, 2.45) is 5.92 Å². The van der Waals surface area contributed by atoms with Crippen LogP contribution in [0, 0.1) is 5.92 Å². The first-order valence-electron chi connectivity index (χ1n) is 9.85. The van der Waals surface area contributed by atoms with Crippen molar-refractivity contribution in [1.29, 1.82) is 0 Å². The second-order valence-corrected chi connectivity index (χ2v) is 8.44. The number of amides is 2. The third kappa shape index (κ3) is 6.92. The van der Waals surface area contributed by atoms with Gasteiger partial charge >= 0.3 is 0 Å². The third-order valence-electron chi connectivity index (χ3n) is 4.72. The van der Waals surface area contributed by atoms with Crippen molar-refractivity contribution in [1.82, 2.24) is 10.2 Å². The van der Waals surface area contributed by atoms with Crippen molar-refractivity contribution in [3.8, 4) is 5.75 Å². The Balaban J connectivity index is 2.23. The highest BCUT2D eigenvalue weighted by atomic mass is 35.5. The van der Waals surface area contributed by atoms with Gasteiger partial charge in [-0.1, -0.05) is 55.2 Å². The normalized spacial score (nSPS) is 11.8. The lowest BCUT2D eigenvalue weighted by Gasteiger charge is -2.29. The van der Waals surface area contributed by atoms with Gasteiger partial charge in [-0.3, -0.25) is 9.59 Å². The van der Waals surface area contributed by atoms with E-state index >= 15 is 0 Å². The topological polar surface area (TPSA) is 58.6 Å². The average Bonchev–Trinajstić information content (AvgIpc) is 2.71. The van der Waals surface area contributed by atoms with Crippen LogP contribution in [-0.2, 0) is 22.6 Å². The fraction of sp³-hybridized carbons (Fsp3) is 0.391. The van der Waals surface area contributed by atoms with E-state index in [1.165, 1.54) is 0 Å². The number of nitrogens with zero attached hydrogens (tertiary/aromatic N) is 1. The maximum Gasteiger partial charge on any atom is 0.242 e. The quantitative estimate of drug-likeness (QED) is 0.600. The molecule has 2 aromatic carbocycles. The molecular formula is C23H28Cl2N2O3. The van der Waals surface area contributed by atoms with E-state index in [1.807, 2.05) is 38.1 Å². The molecule has 30 heavy (non-hydrogen) atoms. The van der Waals surface area contributed by atoms with Gasteiger partial charge in [0.2, 0.25) is 11.8 Å². The van der Waals surface area contributed by atoms with Crippen molar-refractivity contribution < 1.29 is 14.3 Å². The lowest BCUT2D eigenvalue weighted by Crippen LogP contribution is -2.48. The van der Waals surface area contributed by atoms with Gasteiger partial charge in [0, 0.05) is 23.1 Å². The molecule has 0 aromatic heterocycles. The average molecular weight is 451 g/mol. The van der Waals surface area contributed by atoms with Crippen LogP contribution in [-0.4, -0.2) is 36.4 Å². The first kappa shape index (κ1) is 24.0. The van der Waals surface area contributed by atoms with Crippen LogP contribution in [0.3, 0.4) is 0 Å². The van der Waals surface area contributed by atoms with Crippen LogP contribution in [0.1, 0.15) is 31.9 Å². The molecule has 1 unspecified atom stereocenters. The van der Waals surface area contributed by atoms with Crippen molar-refractivity contribution in [2.75, 3.05) is 13.7 Å². The van der Waals surface area contributed by atoms with Gasteiger partial charge in [-0.05, 0) is 48.2 Å². The molecule has 0 aliphatic heterocycles. The summed E-state index contributed by atoms with van der Waals surface area (Å²) in [4.78, 5) is 27.4. The van der Waals surface area contributed by atoms with Crippen LogP contribution in [0.4, 0.5) is 0 Å². The number of hydrogen-bond acceptors (Lipinski definition) is 3. The molecule has 5 nitrogen and oxygen atoms in total. The molecule has 2 aromatic rings. The summed E-state index contributed by atoms with van der Waals surface area (Å²) in [5.41, 5.74) is 1.57. The molecule has 0 heterocycles. The van der Waals surface area contributed by atoms with Crippen molar-refractivity contribution in [3.63, 3.8) is 0 Å². The van der Waals surface area contributed by atoms with E-state index in [0.29, 0.717) is 22.5 Å². The minimum absolute atomic E-state index is 0.164. The van der Waals surface area contributed by atoms with Gasteiger partial charge in [0.1, 0.15) is 11.8 Å². The summed E-state index contributed by atoms with van der Waals surface area (Å²) >= 11 is 12.3. The highest BCUT2D eigenvalue weighted by molar-refractivity contribution is 6.35. The molecule has 7 heteroatoms. The highest BCUT2D eigenvalue weighted by Crippen LogP contribution is 2.24. The number of ether oxygens (including phenoxy) is 1. The predicted molar refractivity (Wildman–Crippen MR) is 121 cm³/mol. The van der Waals surface area contributed by atoms with Crippen molar-refractivity contribution in [3.05, 3.63) is 63.6 Å². The zero-order valence-corrected chi connectivity index (χ0v) is 19.3. The molecule has 2 amide bonds. The molecule has 0 fully saturated rings. The maximum atomic E-state index is 13.2. The fourth-order valence-electron chi connectivity index (χ4n) is 2.89. The number of nitrogens with one attached hydrogen (secondary N) is 1. The summed E-state index contributed by atoms with van der Waals surface area (Å²) in [6, 6.07) is 11.8. The Morgan fingerprint density at radius 1 is 1.07 bits per heavy atom. The lowest BCUT2D eigenvalue weighted by molar-refractivity contribution is -0.140. The third-order valence-corrected chi connectivity index (χ3v) is 5.31. The minimum atomic E-state index is -0.652. The summed E-state index contributed by atoms with van der Waals surface area (Å²) in [6.45, 7) is 6.52. The predicted octanol–water partition coefficient (Wildman–Crippen LogP) is 4.73. The largest absolute Gasteiger partial charge is 0.497 e. The van der Waals surface area contributed by atoms with Gasteiger partial charge in [0.05, 0.1) is 13.5 Å². The molecule has 0 spiro atoms. The van der Waals surface area contributed by atoms with E-state index in [-0.39, 0.29) is 24.8 Å². The van der Waals surface area contributed by atoms with Gasteiger partial charge < -0.3 is 15.0 Å². The summed E-state index contributed by atoms with van der Waals surface area (Å²) in [5.74, 6) is 0.669. The summed E-state index contributed by atoms with van der Waals surface area (Å²) in [7, 11) is 1.59. The molecule has 0 aliphatic carbocycles. The fourth-order valence-corrected chi connectivity index (χ4v) is 3.36. The van der Waals surface area contributed by atoms with Crippen LogP contribution < -0.4 is 10.1 Å². The van der Waals surface area contributed by atoms with Gasteiger partial charge in [-0.25, -0.2) is 0 Å². The molecule has 0 bridgehead atoms. The lowest BCUT2D eigenvalue weighted by atomic mass is 10.1. The van der Waals surface area contributed by atoms with E-state index in [0.717, 1.165) is 16.9 Å². The molecule has 0 aliphatic rings. The van der Waals surface area contributed by atoms with E-state index in [2.05, 4.69) is 5.32 Å². The molecule has 1 N–H and O–H groups in total. The van der Waals surface area contributed by atoms with Crippen LogP contribution in [0.2, 0.25) is 10.0 Å². The van der Waals surface area contributed by atoms with Crippen LogP contribution >= 0.6 is 23.2 Å². The SMILES string of the molecule is COc1ccc(CC(=O)N(Cc2ccc(Cl)cc2Cl)C(C)C(=O)NCC(C)C)cc1. The monoisotopic (exact) mass is 450 g/mol. The zero-order valence-electron chi connectivity index (χ0n) is 17.7. The van der Waals surface area contributed by atoms with E-state index in [1.54, 1.807) is 37.1 Å². The Hall–Kier alpha value is -2.24. The standard InChI is InChI=1S/C23H28Cl2N2O3/c1-15(2)13-26-23(29)16(3)27(14-18-7-8-19(24)12-21(18)25)22(28)11-17-5-9-20(30-4)10-6-17/h5-10,12,15-16H,11,13-14H2,1-4H3,(H,26,29). The molecule has 0 saturated heterocycles. The Labute approximate surface area is 188 Å². The molecule has 0 radical (unpaired) electrons. The van der Waals surface area contributed by atoms with E-state index in [9.17, 15) is 9.59 Å². The number of methoxy groups -OCH3 is 1. The van der Waals surface area contributed by atoms with Crippen molar-refractivity contribution >= 4 is 35.0 Å². The van der Waals surface area contributed by atoms with Gasteiger partial charge in [0.25, 0.3) is 0 Å². The molecule has 2 rings (SSSR count). The first-order chi connectivity index (χ1) is 14.2. The summed E-state index contributed by atoms with van der Waals surface area (Å²) < 4.78 is 5.17. The van der Waals surface area contributed by atoms with Crippen LogP contribution in [0.25, 0.3) is 0 Å². The number of benzene rings is 2. The molecule has 1 atom stereocenters. The first-order valence-corrected chi connectivity index (χ1v) is 10.6. The number of rotatable bonds is 9. The molecule has 0 saturated carbocycles. The number of halogens is 2.